The zero-order valence-electron chi connectivity index (χ0n) is 17.1. The third-order valence-electron chi connectivity index (χ3n) is 6.86. The summed E-state index contributed by atoms with van der Waals surface area (Å²) in [6, 6.07) is 9.87. The molecule has 3 aliphatic carbocycles. The fourth-order valence-electron chi connectivity index (χ4n) is 4.98. The second kappa shape index (κ2) is 8.31. The van der Waals surface area contributed by atoms with Crippen LogP contribution in [0.15, 0.2) is 42.3 Å². The van der Waals surface area contributed by atoms with Crippen molar-refractivity contribution in [2.24, 2.45) is 17.8 Å². The molecule has 3 aliphatic rings. The van der Waals surface area contributed by atoms with Crippen molar-refractivity contribution in [3.8, 4) is 11.1 Å². The van der Waals surface area contributed by atoms with Crippen LogP contribution in [-0.2, 0) is 11.2 Å². The highest BCUT2D eigenvalue weighted by molar-refractivity contribution is 6.29. The molecule has 1 aromatic heterocycles. The number of fused-ring (bicyclic) bond motifs is 5. The summed E-state index contributed by atoms with van der Waals surface area (Å²) in [4.78, 5) is 17.6. The van der Waals surface area contributed by atoms with Gasteiger partial charge in [0, 0.05) is 24.1 Å². The maximum absolute atomic E-state index is 13.4. The maximum Gasteiger partial charge on any atom is 0.167 e. The minimum absolute atomic E-state index is 0.0126. The molecule has 1 fully saturated rings. The first kappa shape index (κ1) is 20.2. The topological polar surface area (TPSA) is 50.2 Å². The van der Waals surface area contributed by atoms with Gasteiger partial charge in [-0.3, -0.25) is 4.79 Å². The van der Waals surface area contributed by atoms with Crippen molar-refractivity contribution in [3.05, 3.63) is 58.6 Å². The quantitative estimate of drug-likeness (QED) is 0.577. The molecule has 2 aromatic rings. The van der Waals surface area contributed by atoms with Crippen LogP contribution < -0.4 is 0 Å². The number of aryl methyl sites for hydroxylation is 1. The molecule has 0 amide bonds. The Balaban J connectivity index is 1.86. The fourth-order valence-corrected chi connectivity index (χ4v) is 5.09. The first-order chi connectivity index (χ1) is 14.0. The summed E-state index contributed by atoms with van der Waals surface area (Å²) in [6.45, 7) is 4.17. The van der Waals surface area contributed by atoms with Gasteiger partial charge in [0.2, 0.25) is 0 Å². The Labute approximate surface area is 177 Å². The smallest absolute Gasteiger partial charge is 0.167 e. The number of ketones is 1. The maximum atomic E-state index is 13.4. The average Bonchev–Trinajstić information content (AvgIpc) is 2.80. The summed E-state index contributed by atoms with van der Waals surface area (Å²) < 4.78 is 0. The van der Waals surface area contributed by atoms with Gasteiger partial charge in [0.25, 0.3) is 0 Å². The summed E-state index contributed by atoms with van der Waals surface area (Å²) >= 11 is 5.94. The van der Waals surface area contributed by atoms with E-state index in [4.69, 9.17) is 11.6 Å². The lowest BCUT2D eigenvalue weighted by Gasteiger charge is -2.30. The molecule has 0 spiro atoms. The standard InChI is InChI=1S/C25H28ClNO2/c1-3-17-8-9-19(20-10-11-23(26)27-14-20)13-21(17)24-22(28)12-16-4-6-18(7-5-16)15(2)25(24)29/h8-11,13-16,18,29H,3-7,12H2,1-2H3/t15-,16?,18?/m0/s1. The Morgan fingerprint density at radius 3 is 2.48 bits per heavy atom. The van der Waals surface area contributed by atoms with Crippen molar-refractivity contribution in [2.75, 3.05) is 0 Å². The number of aliphatic hydroxyl groups excluding tert-OH is 1. The molecule has 0 aliphatic heterocycles. The monoisotopic (exact) mass is 409 g/mol. The van der Waals surface area contributed by atoms with Gasteiger partial charge in [0.15, 0.2) is 5.78 Å². The lowest BCUT2D eigenvalue weighted by molar-refractivity contribution is -0.114. The van der Waals surface area contributed by atoms with Gasteiger partial charge in [0.05, 0.1) is 5.57 Å². The van der Waals surface area contributed by atoms with E-state index in [1.807, 2.05) is 12.1 Å². The lowest BCUT2D eigenvalue weighted by Crippen LogP contribution is -2.20. The van der Waals surface area contributed by atoms with Crippen LogP contribution in [0, 0.1) is 17.8 Å². The molecule has 1 atom stereocenters. The predicted molar refractivity (Wildman–Crippen MR) is 118 cm³/mol. The highest BCUT2D eigenvalue weighted by Crippen LogP contribution is 2.43. The molecule has 0 unspecified atom stereocenters. The van der Waals surface area contributed by atoms with Crippen LogP contribution in [0.5, 0.6) is 0 Å². The van der Waals surface area contributed by atoms with E-state index in [9.17, 15) is 9.90 Å². The Kier molecular flexibility index (Phi) is 5.78. The van der Waals surface area contributed by atoms with Crippen molar-refractivity contribution in [2.45, 2.75) is 52.4 Å². The molecular weight excluding hydrogens is 382 g/mol. The molecule has 1 N–H and O–H groups in total. The molecule has 5 rings (SSSR count). The molecule has 1 aromatic carbocycles. The number of carbonyl (C=O) groups is 1. The normalized spacial score (nSPS) is 24.9. The first-order valence-corrected chi connectivity index (χ1v) is 11.1. The average molecular weight is 410 g/mol. The number of aliphatic hydroxyl groups is 1. The van der Waals surface area contributed by atoms with Crippen LogP contribution in [0.3, 0.4) is 0 Å². The van der Waals surface area contributed by atoms with E-state index in [1.54, 1.807) is 12.3 Å². The van der Waals surface area contributed by atoms with Crippen molar-refractivity contribution < 1.29 is 9.90 Å². The zero-order chi connectivity index (χ0) is 20.5. The highest BCUT2D eigenvalue weighted by Gasteiger charge is 2.34. The van der Waals surface area contributed by atoms with Gasteiger partial charge < -0.3 is 5.11 Å². The third-order valence-corrected chi connectivity index (χ3v) is 7.08. The van der Waals surface area contributed by atoms with Crippen molar-refractivity contribution >= 4 is 23.0 Å². The van der Waals surface area contributed by atoms with Crippen LogP contribution in [0.2, 0.25) is 5.15 Å². The highest BCUT2D eigenvalue weighted by atomic mass is 35.5. The molecule has 1 heterocycles. The summed E-state index contributed by atoms with van der Waals surface area (Å²) in [5.74, 6) is 1.28. The van der Waals surface area contributed by atoms with Crippen LogP contribution in [0.1, 0.15) is 57.1 Å². The molecule has 152 valence electrons. The molecule has 4 heteroatoms. The van der Waals surface area contributed by atoms with Crippen LogP contribution in [-0.4, -0.2) is 15.9 Å². The summed E-state index contributed by atoms with van der Waals surface area (Å²) in [7, 11) is 0. The largest absolute Gasteiger partial charge is 0.511 e. The van der Waals surface area contributed by atoms with Gasteiger partial charge >= 0.3 is 0 Å². The minimum atomic E-state index is 0.0126. The van der Waals surface area contributed by atoms with Gasteiger partial charge in [-0.1, -0.05) is 37.6 Å². The summed E-state index contributed by atoms with van der Waals surface area (Å²) in [5, 5.41) is 11.7. The van der Waals surface area contributed by atoms with Crippen molar-refractivity contribution in [1.29, 1.82) is 0 Å². The van der Waals surface area contributed by atoms with Crippen LogP contribution >= 0.6 is 11.6 Å². The second-order valence-corrected chi connectivity index (χ2v) is 8.94. The van der Waals surface area contributed by atoms with E-state index in [2.05, 4.69) is 31.0 Å². The minimum Gasteiger partial charge on any atom is -0.511 e. The number of carbonyl (C=O) groups excluding carboxylic acids is 1. The lowest BCUT2D eigenvalue weighted by atomic mass is 9.76. The number of benzene rings is 1. The van der Waals surface area contributed by atoms with E-state index in [0.717, 1.165) is 54.4 Å². The number of hydrogen-bond acceptors (Lipinski definition) is 3. The van der Waals surface area contributed by atoms with E-state index < -0.39 is 0 Å². The molecular formula is C25H28ClNO2. The van der Waals surface area contributed by atoms with E-state index in [-0.39, 0.29) is 17.5 Å². The Morgan fingerprint density at radius 2 is 1.83 bits per heavy atom. The number of halogens is 1. The summed E-state index contributed by atoms with van der Waals surface area (Å²) in [6.07, 6.45) is 7.49. The van der Waals surface area contributed by atoms with Crippen molar-refractivity contribution in [1.82, 2.24) is 4.98 Å². The van der Waals surface area contributed by atoms with Gasteiger partial charge in [0.1, 0.15) is 10.9 Å². The van der Waals surface area contributed by atoms with Gasteiger partial charge in [-0.05, 0) is 78.8 Å². The molecule has 1 saturated carbocycles. The number of rotatable bonds is 3. The molecule has 0 radical (unpaired) electrons. The van der Waals surface area contributed by atoms with Crippen molar-refractivity contribution in [3.63, 3.8) is 0 Å². The Bertz CT molecular complexity index is 940. The fraction of sp³-hybridized carbons (Fsp3) is 0.440. The Morgan fingerprint density at radius 1 is 1.10 bits per heavy atom. The molecule has 0 saturated heterocycles. The molecule has 2 bridgehead atoms. The van der Waals surface area contributed by atoms with Gasteiger partial charge in [-0.2, -0.15) is 0 Å². The number of nitrogens with zero attached hydrogens (tertiary/aromatic N) is 1. The predicted octanol–water partition coefficient (Wildman–Crippen LogP) is 6.65. The van der Waals surface area contributed by atoms with Crippen LogP contribution in [0.25, 0.3) is 16.7 Å². The Hall–Kier alpha value is -2.13. The number of allylic oxidation sites excluding steroid dienone is 2. The van der Waals surface area contributed by atoms with Crippen LogP contribution in [0.4, 0.5) is 0 Å². The molecule has 29 heavy (non-hydrogen) atoms. The number of hydrogen-bond donors (Lipinski definition) is 1. The number of pyridine rings is 1. The van der Waals surface area contributed by atoms with E-state index in [1.165, 1.54) is 0 Å². The second-order valence-electron chi connectivity index (χ2n) is 8.55. The molecule has 3 nitrogen and oxygen atoms in total. The summed E-state index contributed by atoms with van der Waals surface area (Å²) in [5.41, 5.74) is 4.42. The first-order valence-electron chi connectivity index (χ1n) is 10.7. The van der Waals surface area contributed by atoms with E-state index >= 15 is 0 Å². The van der Waals surface area contributed by atoms with Gasteiger partial charge in [-0.25, -0.2) is 4.98 Å². The number of Topliss-reactive ketones (excluding diaryl/α,β-unsaturated/α-hetero) is 1. The SMILES string of the molecule is CCc1ccc(-c2ccc(Cl)nc2)cc1C1=C(O)[C@@H](C)C2CCC(CC2)CC1=O. The number of aromatic nitrogens is 1. The zero-order valence-corrected chi connectivity index (χ0v) is 17.9. The third kappa shape index (κ3) is 3.98. The van der Waals surface area contributed by atoms with Gasteiger partial charge in [-0.15, -0.1) is 0 Å². The van der Waals surface area contributed by atoms with E-state index in [0.29, 0.717) is 29.0 Å².